The van der Waals surface area contributed by atoms with Gasteiger partial charge in [0.15, 0.2) is 0 Å². The fourth-order valence-corrected chi connectivity index (χ4v) is 1.49. The predicted molar refractivity (Wildman–Crippen MR) is 63.6 cm³/mol. The molecule has 0 atom stereocenters. The van der Waals surface area contributed by atoms with Crippen molar-refractivity contribution in [3.8, 4) is 0 Å². The average Bonchev–Trinajstić information content (AvgIpc) is 2.25. The number of benzene rings is 1. The van der Waals surface area contributed by atoms with Gasteiger partial charge in [0.25, 0.3) is 0 Å². The monoisotopic (exact) mass is 234 g/mol. The number of allylic oxidation sites excluding steroid dienone is 1. The number of carbonyl (C=O) groups is 2. The number of carbonyl (C=O) groups excluding carboxylic acids is 2. The van der Waals surface area contributed by atoms with Gasteiger partial charge < -0.3 is 22.9 Å². The molecule has 0 aliphatic rings. The summed E-state index contributed by atoms with van der Waals surface area (Å²) in [5.41, 5.74) is 21.7. The van der Waals surface area contributed by atoms with Crippen molar-refractivity contribution in [2.24, 2.45) is 22.9 Å². The van der Waals surface area contributed by atoms with E-state index in [9.17, 15) is 9.59 Å². The molecule has 0 spiro atoms. The number of amides is 2. The summed E-state index contributed by atoms with van der Waals surface area (Å²) < 4.78 is 0. The van der Waals surface area contributed by atoms with E-state index in [1.807, 2.05) is 0 Å². The molecule has 0 unspecified atom stereocenters. The first kappa shape index (κ1) is 12.6. The van der Waals surface area contributed by atoms with Gasteiger partial charge in [-0.05, 0) is 24.1 Å². The first-order valence-electron chi connectivity index (χ1n) is 4.86. The molecule has 17 heavy (non-hydrogen) atoms. The molecule has 0 bridgehead atoms. The van der Waals surface area contributed by atoms with Gasteiger partial charge >= 0.3 is 0 Å². The van der Waals surface area contributed by atoms with Crippen LogP contribution in [0, 0.1) is 0 Å². The maximum Gasteiger partial charge on any atom is 0.249 e. The number of hydrogen-bond acceptors (Lipinski definition) is 4. The summed E-state index contributed by atoms with van der Waals surface area (Å²) in [5, 5.41) is 0. The van der Waals surface area contributed by atoms with E-state index < -0.39 is 11.8 Å². The lowest BCUT2D eigenvalue weighted by Gasteiger charge is -2.08. The summed E-state index contributed by atoms with van der Waals surface area (Å²) in [7, 11) is 0. The van der Waals surface area contributed by atoms with Crippen LogP contribution >= 0.6 is 0 Å². The maximum atomic E-state index is 11.3. The molecular formula is C11H14N4O2. The second kappa shape index (κ2) is 5.02. The van der Waals surface area contributed by atoms with Crippen molar-refractivity contribution in [1.82, 2.24) is 0 Å². The van der Waals surface area contributed by atoms with E-state index >= 15 is 0 Å². The Hall–Kier alpha value is -2.50. The molecule has 90 valence electrons. The van der Waals surface area contributed by atoms with Gasteiger partial charge in [0.05, 0.1) is 16.9 Å². The summed E-state index contributed by atoms with van der Waals surface area (Å²) in [6.45, 7) is 0. The van der Waals surface area contributed by atoms with E-state index in [2.05, 4.69) is 0 Å². The van der Waals surface area contributed by atoms with E-state index in [-0.39, 0.29) is 16.9 Å². The van der Waals surface area contributed by atoms with Crippen molar-refractivity contribution in [3.63, 3.8) is 0 Å². The van der Waals surface area contributed by atoms with Crippen LogP contribution in [0.5, 0.6) is 0 Å². The van der Waals surface area contributed by atoms with Gasteiger partial charge in [-0.1, -0.05) is 12.1 Å². The molecule has 0 fully saturated rings. The topological polar surface area (TPSA) is 138 Å². The van der Waals surface area contributed by atoms with Crippen LogP contribution in [0.1, 0.15) is 26.3 Å². The molecule has 0 saturated carbocycles. The van der Waals surface area contributed by atoms with Gasteiger partial charge in [-0.15, -0.1) is 0 Å². The Morgan fingerprint density at radius 1 is 1.06 bits per heavy atom. The molecule has 6 nitrogen and oxygen atoms in total. The van der Waals surface area contributed by atoms with Crippen molar-refractivity contribution in [2.45, 2.75) is 6.42 Å². The Morgan fingerprint density at radius 2 is 1.71 bits per heavy atom. The lowest BCUT2D eigenvalue weighted by Crippen LogP contribution is -2.22. The molecule has 0 aliphatic heterocycles. The summed E-state index contributed by atoms with van der Waals surface area (Å²) in [6, 6.07) is 4.72. The highest BCUT2D eigenvalue weighted by atomic mass is 16.2. The normalized spacial score (nSPS) is 9.65. The van der Waals surface area contributed by atoms with E-state index in [1.165, 1.54) is 12.1 Å². The number of primary amides is 2. The summed E-state index contributed by atoms with van der Waals surface area (Å²) in [4.78, 5) is 22.5. The van der Waals surface area contributed by atoms with E-state index in [1.54, 1.807) is 12.1 Å². The van der Waals surface area contributed by atoms with Crippen LogP contribution < -0.4 is 22.9 Å². The third-order valence-electron chi connectivity index (χ3n) is 2.22. The smallest absolute Gasteiger partial charge is 0.249 e. The highest BCUT2D eigenvalue weighted by Gasteiger charge is 2.16. The second-order valence-corrected chi connectivity index (χ2v) is 3.48. The highest BCUT2D eigenvalue weighted by molar-refractivity contribution is 6.07. The molecule has 8 N–H and O–H groups in total. The molecule has 2 amide bonds. The minimum Gasteiger partial charge on any atom is -0.386 e. The van der Waals surface area contributed by atoms with Gasteiger partial charge in [0.1, 0.15) is 0 Å². The molecule has 0 aliphatic carbocycles. The lowest BCUT2D eigenvalue weighted by molar-refractivity contribution is 0.0966. The number of rotatable bonds is 4. The van der Waals surface area contributed by atoms with Crippen LogP contribution in [-0.2, 0) is 6.42 Å². The van der Waals surface area contributed by atoms with Crippen LogP contribution in [0.15, 0.2) is 30.1 Å². The number of nitrogens with two attached hydrogens (primary N) is 4. The van der Waals surface area contributed by atoms with Crippen LogP contribution in [0.2, 0.25) is 0 Å². The van der Waals surface area contributed by atoms with Gasteiger partial charge in [0, 0.05) is 0 Å². The molecular weight excluding hydrogens is 220 g/mol. The van der Waals surface area contributed by atoms with Crippen LogP contribution in [-0.4, -0.2) is 11.8 Å². The molecule has 0 aromatic heterocycles. The Morgan fingerprint density at radius 3 is 2.18 bits per heavy atom. The van der Waals surface area contributed by atoms with Crippen LogP contribution in [0.3, 0.4) is 0 Å². The Balaban J connectivity index is 3.30. The van der Waals surface area contributed by atoms with Crippen molar-refractivity contribution in [2.75, 3.05) is 0 Å². The zero-order valence-corrected chi connectivity index (χ0v) is 9.14. The first-order chi connectivity index (χ1) is 7.93. The molecule has 0 heterocycles. The average molecular weight is 234 g/mol. The summed E-state index contributed by atoms with van der Waals surface area (Å²) >= 11 is 0. The zero-order valence-electron chi connectivity index (χ0n) is 9.14. The lowest BCUT2D eigenvalue weighted by atomic mass is 9.97. The molecule has 1 rings (SSSR count). The van der Waals surface area contributed by atoms with Crippen molar-refractivity contribution >= 4 is 11.8 Å². The second-order valence-electron chi connectivity index (χ2n) is 3.48. The van der Waals surface area contributed by atoms with Crippen molar-refractivity contribution in [1.29, 1.82) is 0 Å². The first-order valence-corrected chi connectivity index (χ1v) is 4.86. The predicted octanol–water partition coefficient (Wildman–Crippen LogP) is -0.814. The molecule has 0 radical (unpaired) electrons. The van der Waals surface area contributed by atoms with E-state index in [0.717, 1.165) is 0 Å². The minimum atomic E-state index is -0.710. The van der Waals surface area contributed by atoms with Crippen LogP contribution in [0.25, 0.3) is 0 Å². The van der Waals surface area contributed by atoms with Crippen molar-refractivity contribution < 1.29 is 9.59 Å². The maximum absolute atomic E-state index is 11.3. The van der Waals surface area contributed by atoms with Crippen molar-refractivity contribution in [3.05, 3.63) is 46.8 Å². The van der Waals surface area contributed by atoms with Crippen LogP contribution in [0.4, 0.5) is 0 Å². The molecule has 1 aromatic carbocycles. The van der Waals surface area contributed by atoms with Gasteiger partial charge in [0.2, 0.25) is 11.8 Å². The fraction of sp³-hybridized carbons (Fsp3) is 0.0909. The largest absolute Gasteiger partial charge is 0.386 e. The number of hydrogen-bond donors (Lipinski definition) is 4. The quantitative estimate of drug-likeness (QED) is 0.540. The van der Waals surface area contributed by atoms with E-state index in [0.29, 0.717) is 12.0 Å². The Kier molecular flexibility index (Phi) is 3.71. The third-order valence-corrected chi connectivity index (χ3v) is 2.22. The fourth-order valence-electron chi connectivity index (χ4n) is 1.49. The Bertz CT molecular complexity index is 490. The zero-order chi connectivity index (χ0) is 13.0. The summed E-state index contributed by atoms with van der Waals surface area (Å²) in [6.07, 6.45) is 1.83. The van der Waals surface area contributed by atoms with E-state index in [4.69, 9.17) is 22.9 Å². The van der Waals surface area contributed by atoms with Gasteiger partial charge in [-0.3, -0.25) is 9.59 Å². The molecule has 1 aromatic rings. The van der Waals surface area contributed by atoms with Gasteiger partial charge in [-0.2, -0.15) is 0 Å². The summed E-state index contributed by atoms with van der Waals surface area (Å²) in [5.74, 6) is -1.28. The Labute approximate surface area is 98.2 Å². The SMILES string of the molecule is NC(=O)c1cccc(CC=C(N)N)c1C(N)=O. The highest BCUT2D eigenvalue weighted by Crippen LogP contribution is 2.15. The molecule has 0 saturated heterocycles. The standard InChI is InChI=1S/C11H14N4O2/c12-8(13)5-4-6-2-1-3-7(10(14)16)9(6)11(15)17/h1-3,5H,4,12-13H2,(H2,14,16)(H2,15,17). The van der Waals surface area contributed by atoms with Gasteiger partial charge in [-0.25, -0.2) is 0 Å². The minimum absolute atomic E-state index is 0.0963. The third kappa shape index (κ3) is 2.97. The molecule has 6 heteroatoms.